The fraction of sp³-hybridized carbons (Fsp3) is 0.632. The Labute approximate surface area is 298 Å². The quantitative estimate of drug-likeness (QED) is 0.150. The number of fused-ring (bicyclic) bond motifs is 1. The van der Waals surface area contributed by atoms with Gasteiger partial charge in [-0.05, 0) is 44.1 Å². The number of aliphatic hydroxyl groups excluding tert-OH is 1. The molecule has 2 N–H and O–H groups in total. The lowest BCUT2D eigenvalue weighted by Gasteiger charge is -2.43. The van der Waals surface area contributed by atoms with E-state index in [1.54, 1.807) is 19.1 Å². The third kappa shape index (κ3) is 7.13. The Hall–Kier alpha value is -3.02. The maximum absolute atomic E-state index is 14.9. The van der Waals surface area contributed by atoms with Crippen molar-refractivity contribution in [2.24, 2.45) is 17.8 Å². The molecule has 1 saturated carbocycles. The van der Waals surface area contributed by atoms with Gasteiger partial charge in [0.1, 0.15) is 17.7 Å². The van der Waals surface area contributed by atoms with Crippen molar-refractivity contribution in [3.05, 3.63) is 61.2 Å². The van der Waals surface area contributed by atoms with Gasteiger partial charge in [0.2, 0.25) is 17.7 Å². The Balaban J connectivity index is 1.51. The molecule has 2 bridgehead atoms. The Morgan fingerprint density at radius 2 is 1.84 bits per heavy atom. The van der Waals surface area contributed by atoms with Gasteiger partial charge < -0.3 is 29.7 Å². The van der Waals surface area contributed by atoms with E-state index in [4.69, 9.17) is 9.47 Å². The summed E-state index contributed by atoms with van der Waals surface area (Å²) in [6.07, 6.45) is 7.85. The summed E-state index contributed by atoms with van der Waals surface area (Å²) in [6.45, 7) is 13.2. The lowest BCUT2D eigenvalue weighted by atomic mass is 9.70. The van der Waals surface area contributed by atoms with Crippen molar-refractivity contribution in [3.63, 3.8) is 0 Å². The van der Waals surface area contributed by atoms with E-state index in [9.17, 15) is 24.3 Å². The number of halogens is 1. The first-order valence-electron chi connectivity index (χ1n) is 17.8. The highest BCUT2D eigenvalue weighted by molar-refractivity contribution is 9.09. The van der Waals surface area contributed by atoms with Crippen LogP contribution in [0.1, 0.15) is 83.8 Å². The largest absolute Gasteiger partial charge is 0.455 e. The molecule has 1 aromatic rings. The molecule has 0 radical (unpaired) electrons. The molecule has 1 spiro atoms. The predicted octanol–water partition coefficient (Wildman–Crippen LogP) is 4.85. The molecule has 5 rings (SSSR count). The van der Waals surface area contributed by atoms with Gasteiger partial charge >= 0.3 is 5.97 Å². The van der Waals surface area contributed by atoms with E-state index in [1.165, 1.54) is 4.90 Å². The molecule has 1 aromatic carbocycles. The standard InChI is InChI=1S/C38H52BrN3O7/c1-6-8-19-29(44)40-24(5)32(25-15-11-9-12-16-25)48-37(47)30-31-35(45)42(28(22-43)23(3)4)34(38(31)21-27(39)33(30)49-38)36(46)41(20-7-2)26-17-13-10-14-18-26/h6-7,9,11-12,15-16,23-24,26-28,30-34,43H,1-2,8,10,13-14,17-22H2,3-5H3,(H,40,44)/t24-,27?,28-,30-,31+,32-,33-,34-,38+/m0/s1. The molecule has 268 valence electrons. The smallest absolute Gasteiger partial charge is 0.313 e. The Kier molecular flexibility index (Phi) is 12.1. The third-order valence-corrected chi connectivity index (χ3v) is 11.8. The summed E-state index contributed by atoms with van der Waals surface area (Å²) in [5, 5.41) is 13.6. The van der Waals surface area contributed by atoms with Crippen LogP contribution in [0.4, 0.5) is 0 Å². The molecule has 1 aliphatic carbocycles. The summed E-state index contributed by atoms with van der Waals surface area (Å²) >= 11 is 3.76. The Morgan fingerprint density at radius 1 is 1.14 bits per heavy atom. The second-order valence-electron chi connectivity index (χ2n) is 14.4. The lowest BCUT2D eigenvalue weighted by Crippen LogP contribution is -2.61. The molecular weight excluding hydrogens is 690 g/mol. The molecule has 11 heteroatoms. The van der Waals surface area contributed by atoms with Gasteiger partial charge in [-0.15, -0.1) is 13.2 Å². The number of esters is 1. The molecule has 3 saturated heterocycles. The van der Waals surface area contributed by atoms with E-state index in [1.807, 2.05) is 49.1 Å². The lowest BCUT2D eigenvalue weighted by molar-refractivity contribution is -0.163. The summed E-state index contributed by atoms with van der Waals surface area (Å²) < 4.78 is 13.1. The van der Waals surface area contributed by atoms with E-state index in [2.05, 4.69) is 34.4 Å². The number of hydrogen-bond donors (Lipinski definition) is 2. The fourth-order valence-corrected chi connectivity index (χ4v) is 9.58. The average molecular weight is 743 g/mol. The molecular formula is C38H52BrN3O7. The number of hydrogen-bond acceptors (Lipinski definition) is 7. The van der Waals surface area contributed by atoms with Crippen LogP contribution >= 0.6 is 15.9 Å². The number of nitrogens with one attached hydrogen (secondary N) is 1. The van der Waals surface area contributed by atoms with Crippen LogP contribution in [0.25, 0.3) is 0 Å². The van der Waals surface area contributed by atoms with E-state index in [0.29, 0.717) is 24.9 Å². The Morgan fingerprint density at radius 3 is 2.45 bits per heavy atom. The molecule has 0 aromatic heterocycles. The normalized spacial score (nSPS) is 29.6. The van der Waals surface area contributed by atoms with Gasteiger partial charge in [-0.2, -0.15) is 0 Å². The van der Waals surface area contributed by atoms with Crippen LogP contribution < -0.4 is 5.32 Å². The second kappa shape index (κ2) is 15.9. The summed E-state index contributed by atoms with van der Waals surface area (Å²) in [7, 11) is 0. The number of carbonyl (C=O) groups is 4. The van der Waals surface area contributed by atoms with Crippen molar-refractivity contribution in [1.29, 1.82) is 0 Å². The molecule has 49 heavy (non-hydrogen) atoms. The summed E-state index contributed by atoms with van der Waals surface area (Å²) in [5.74, 6) is -3.57. The average Bonchev–Trinajstić information content (AvgIpc) is 3.69. The van der Waals surface area contributed by atoms with Crippen LogP contribution in [0.2, 0.25) is 0 Å². The van der Waals surface area contributed by atoms with E-state index in [-0.39, 0.29) is 47.5 Å². The number of benzene rings is 1. The molecule has 9 atom stereocenters. The number of aliphatic hydroxyl groups is 1. The van der Waals surface area contributed by atoms with Gasteiger partial charge in [0, 0.05) is 23.8 Å². The number of likely N-dealkylation sites (tertiary alicyclic amines) is 1. The number of allylic oxidation sites excluding steroid dienone is 1. The summed E-state index contributed by atoms with van der Waals surface area (Å²) in [4.78, 5) is 59.9. The number of amides is 3. The van der Waals surface area contributed by atoms with E-state index < -0.39 is 53.7 Å². The van der Waals surface area contributed by atoms with Gasteiger partial charge in [0.25, 0.3) is 0 Å². The number of nitrogens with zero attached hydrogens (tertiary/aromatic N) is 2. The molecule has 3 heterocycles. The zero-order chi connectivity index (χ0) is 35.5. The Bertz CT molecular complexity index is 1380. The number of alkyl halides is 1. The van der Waals surface area contributed by atoms with Gasteiger partial charge in [0.05, 0.1) is 36.6 Å². The number of carbonyl (C=O) groups excluding carboxylic acids is 4. The topological polar surface area (TPSA) is 125 Å². The van der Waals surface area contributed by atoms with Gasteiger partial charge in [0.15, 0.2) is 0 Å². The SMILES string of the molecule is C=CCCC(=O)N[C@@H](C)[C@H](OC(=O)[C@@H]1[C@H]2O[C@@]3(CC2Br)[C@H](C(=O)N(CC=C)C2CCCCC2)N([C@@H](CO)C(C)C)C(=O)[C@@H]13)c1ccccc1. The fourth-order valence-electron chi connectivity index (χ4n) is 8.64. The van der Waals surface area contributed by atoms with Crippen molar-refractivity contribution in [3.8, 4) is 0 Å². The predicted molar refractivity (Wildman–Crippen MR) is 189 cm³/mol. The zero-order valence-corrected chi connectivity index (χ0v) is 30.6. The monoisotopic (exact) mass is 741 g/mol. The van der Waals surface area contributed by atoms with Crippen molar-refractivity contribution in [2.45, 2.75) is 119 Å². The number of ether oxygens (including phenoxy) is 2. The highest BCUT2D eigenvalue weighted by Crippen LogP contribution is 2.61. The van der Waals surface area contributed by atoms with Crippen LogP contribution in [0.15, 0.2) is 55.6 Å². The molecule has 10 nitrogen and oxygen atoms in total. The van der Waals surface area contributed by atoms with Crippen molar-refractivity contribution in [1.82, 2.24) is 15.1 Å². The van der Waals surface area contributed by atoms with Gasteiger partial charge in [-0.25, -0.2) is 0 Å². The number of rotatable bonds is 15. The van der Waals surface area contributed by atoms with Crippen molar-refractivity contribution < 1.29 is 33.8 Å². The van der Waals surface area contributed by atoms with E-state index >= 15 is 0 Å². The van der Waals surface area contributed by atoms with Crippen LogP contribution in [0, 0.1) is 17.8 Å². The van der Waals surface area contributed by atoms with Crippen molar-refractivity contribution in [2.75, 3.05) is 13.2 Å². The zero-order valence-electron chi connectivity index (χ0n) is 29.0. The minimum atomic E-state index is -1.29. The summed E-state index contributed by atoms with van der Waals surface area (Å²) in [6, 6.07) is 6.95. The molecule has 4 aliphatic rings. The minimum Gasteiger partial charge on any atom is -0.455 e. The maximum atomic E-state index is 14.9. The van der Waals surface area contributed by atoms with Crippen LogP contribution in [-0.4, -0.2) is 92.4 Å². The first kappa shape index (κ1) is 37.2. The maximum Gasteiger partial charge on any atom is 0.313 e. The first-order chi connectivity index (χ1) is 23.5. The highest BCUT2D eigenvalue weighted by Gasteiger charge is 2.78. The second-order valence-corrected chi connectivity index (χ2v) is 15.6. The van der Waals surface area contributed by atoms with Gasteiger partial charge in [-0.1, -0.05) is 91.5 Å². The molecule has 3 aliphatic heterocycles. The summed E-state index contributed by atoms with van der Waals surface area (Å²) in [5.41, 5.74) is -0.596. The van der Waals surface area contributed by atoms with Crippen molar-refractivity contribution >= 4 is 39.6 Å². The molecule has 1 unspecified atom stereocenters. The van der Waals surface area contributed by atoms with Crippen LogP contribution in [0.3, 0.4) is 0 Å². The first-order valence-corrected chi connectivity index (χ1v) is 18.7. The van der Waals surface area contributed by atoms with E-state index in [0.717, 1.165) is 32.1 Å². The minimum absolute atomic E-state index is 0.00668. The van der Waals surface area contributed by atoms with Gasteiger partial charge in [-0.3, -0.25) is 19.2 Å². The molecule has 3 amide bonds. The molecule has 4 fully saturated rings. The van der Waals surface area contributed by atoms with Crippen LogP contribution in [0.5, 0.6) is 0 Å². The third-order valence-electron chi connectivity index (χ3n) is 11.0. The van der Waals surface area contributed by atoms with Crippen LogP contribution in [-0.2, 0) is 28.7 Å². The highest BCUT2D eigenvalue weighted by atomic mass is 79.9.